The Morgan fingerprint density at radius 3 is 3.05 bits per heavy atom. The predicted molar refractivity (Wildman–Crippen MR) is 73.6 cm³/mol. The second kappa shape index (κ2) is 5.19. The maximum absolute atomic E-state index is 10.5. The van der Waals surface area contributed by atoms with Gasteiger partial charge in [0.25, 0.3) is 0 Å². The molecule has 19 heavy (non-hydrogen) atoms. The molecule has 0 saturated heterocycles. The number of aryl methyl sites for hydroxylation is 1. The second-order valence-electron chi connectivity index (χ2n) is 4.60. The van der Waals surface area contributed by atoms with E-state index in [9.17, 15) is 5.11 Å². The van der Waals surface area contributed by atoms with Crippen LogP contribution in [0.15, 0.2) is 36.5 Å². The molecule has 1 N–H and O–H groups in total. The molecular formula is C15H14ClNO2. The molecule has 2 heterocycles. The Kier molecular flexibility index (Phi) is 3.40. The molecule has 1 unspecified atom stereocenters. The van der Waals surface area contributed by atoms with Crippen LogP contribution in [0.1, 0.15) is 29.2 Å². The highest BCUT2D eigenvalue weighted by molar-refractivity contribution is 6.29. The molecule has 0 amide bonds. The molecule has 0 saturated carbocycles. The number of fused-ring (bicyclic) bond motifs is 1. The van der Waals surface area contributed by atoms with Gasteiger partial charge in [-0.1, -0.05) is 29.8 Å². The molecule has 1 atom stereocenters. The topological polar surface area (TPSA) is 42.4 Å². The van der Waals surface area contributed by atoms with Gasteiger partial charge in [-0.25, -0.2) is 4.98 Å². The van der Waals surface area contributed by atoms with Crippen LogP contribution in [0, 0.1) is 0 Å². The number of halogens is 1. The van der Waals surface area contributed by atoms with Gasteiger partial charge in [0.2, 0.25) is 0 Å². The lowest BCUT2D eigenvalue weighted by molar-refractivity contribution is 0.206. The zero-order valence-electron chi connectivity index (χ0n) is 10.3. The van der Waals surface area contributed by atoms with Crippen molar-refractivity contribution in [3.05, 3.63) is 58.4 Å². The summed E-state index contributed by atoms with van der Waals surface area (Å²) < 4.78 is 5.72. The van der Waals surface area contributed by atoms with Crippen LogP contribution in [0.2, 0.25) is 5.15 Å². The van der Waals surface area contributed by atoms with E-state index >= 15 is 0 Å². The second-order valence-corrected chi connectivity index (χ2v) is 4.99. The van der Waals surface area contributed by atoms with Crippen LogP contribution in [0.4, 0.5) is 0 Å². The molecule has 3 nitrogen and oxygen atoms in total. The average molecular weight is 276 g/mol. The van der Waals surface area contributed by atoms with Crippen LogP contribution in [-0.2, 0) is 6.42 Å². The van der Waals surface area contributed by atoms with Crippen molar-refractivity contribution in [1.82, 2.24) is 4.98 Å². The molecule has 2 aromatic rings. The number of hydrogen-bond donors (Lipinski definition) is 1. The first-order valence-electron chi connectivity index (χ1n) is 6.30. The van der Waals surface area contributed by atoms with E-state index in [0.29, 0.717) is 11.8 Å². The molecular weight excluding hydrogens is 262 g/mol. The maximum Gasteiger partial charge on any atom is 0.129 e. The SMILES string of the molecule is OC(c1ccnc(Cl)c1)c1cccc2c1OCCC2. The first-order chi connectivity index (χ1) is 9.25. The molecule has 0 bridgehead atoms. The summed E-state index contributed by atoms with van der Waals surface area (Å²) in [6.45, 7) is 0.702. The van der Waals surface area contributed by atoms with Crippen LogP contribution < -0.4 is 4.74 Å². The number of pyridine rings is 1. The third-order valence-electron chi connectivity index (χ3n) is 3.32. The Bertz CT molecular complexity index is 600. The molecule has 0 fully saturated rings. The lowest BCUT2D eigenvalue weighted by Crippen LogP contribution is -2.12. The largest absolute Gasteiger partial charge is 0.493 e. The van der Waals surface area contributed by atoms with E-state index in [2.05, 4.69) is 4.98 Å². The standard InChI is InChI=1S/C15H14ClNO2/c16-13-9-11(6-7-17-13)14(18)12-5-1-3-10-4-2-8-19-15(10)12/h1,3,5-7,9,14,18H,2,4,8H2. The number of benzene rings is 1. The number of ether oxygens (including phenoxy) is 1. The van der Waals surface area contributed by atoms with E-state index in [1.807, 2.05) is 18.2 Å². The zero-order chi connectivity index (χ0) is 13.2. The smallest absolute Gasteiger partial charge is 0.129 e. The third kappa shape index (κ3) is 2.44. The molecule has 1 aromatic carbocycles. The van der Waals surface area contributed by atoms with E-state index in [4.69, 9.17) is 16.3 Å². The average Bonchev–Trinajstić information content (AvgIpc) is 2.46. The van der Waals surface area contributed by atoms with Gasteiger partial charge in [-0.15, -0.1) is 0 Å². The van der Waals surface area contributed by atoms with E-state index in [1.165, 1.54) is 0 Å². The lowest BCUT2D eigenvalue weighted by Gasteiger charge is -2.23. The molecule has 1 aliphatic heterocycles. The van der Waals surface area contributed by atoms with Crippen molar-refractivity contribution in [1.29, 1.82) is 0 Å². The number of nitrogens with zero attached hydrogens (tertiary/aromatic N) is 1. The number of rotatable bonds is 2. The van der Waals surface area contributed by atoms with Gasteiger partial charge in [-0.2, -0.15) is 0 Å². The quantitative estimate of drug-likeness (QED) is 0.856. The summed E-state index contributed by atoms with van der Waals surface area (Å²) in [5.41, 5.74) is 2.67. The maximum atomic E-state index is 10.5. The highest BCUT2D eigenvalue weighted by Gasteiger charge is 2.20. The fourth-order valence-corrected chi connectivity index (χ4v) is 2.58. The normalized spacial score (nSPS) is 15.5. The Balaban J connectivity index is 2.02. The molecule has 1 aromatic heterocycles. The summed E-state index contributed by atoms with van der Waals surface area (Å²) in [7, 11) is 0. The van der Waals surface area contributed by atoms with Gasteiger partial charge in [0.15, 0.2) is 0 Å². The van der Waals surface area contributed by atoms with Crippen molar-refractivity contribution in [2.24, 2.45) is 0 Å². The molecule has 0 spiro atoms. The van der Waals surface area contributed by atoms with Gasteiger partial charge in [0.1, 0.15) is 17.0 Å². The zero-order valence-corrected chi connectivity index (χ0v) is 11.1. The van der Waals surface area contributed by atoms with Crippen molar-refractivity contribution in [3.63, 3.8) is 0 Å². The summed E-state index contributed by atoms with van der Waals surface area (Å²) in [6, 6.07) is 9.33. The van der Waals surface area contributed by atoms with E-state index in [0.717, 1.165) is 35.3 Å². The summed E-state index contributed by atoms with van der Waals surface area (Å²) in [5, 5.41) is 10.9. The number of aliphatic hydroxyl groups excluding tert-OH is 1. The van der Waals surface area contributed by atoms with Gasteiger partial charge >= 0.3 is 0 Å². The van der Waals surface area contributed by atoms with Crippen molar-refractivity contribution in [2.75, 3.05) is 6.61 Å². The predicted octanol–water partition coefficient (Wildman–Crippen LogP) is 3.14. The molecule has 4 heteroatoms. The van der Waals surface area contributed by atoms with Gasteiger partial charge in [0.05, 0.1) is 6.61 Å². The van der Waals surface area contributed by atoms with Gasteiger partial charge < -0.3 is 9.84 Å². The Morgan fingerprint density at radius 2 is 2.21 bits per heavy atom. The van der Waals surface area contributed by atoms with E-state index in [-0.39, 0.29) is 0 Å². The minimum Gasteiger partial charge on any atom is -0.493 e. The summed E-state index contributed by atoms with van der Waals surface area (Å²) in [5.74, 6) is 0.814. The van der Waals surface area contributed by atoms with Crippen LogP contribution in [0.25, 0.3) is 0 Å². The molecule has 0 aliphatic carbocycles. The minimum atomic E-state index is -0.742. The van der Waals surface area contributed by atoms with E-state index in [1.54, 1.807) is 18.3 Å². The number of hydrogen-bond acceptors (Lipinski definition) is 3. The van der Waals surface area contributed by atoms with Crippen molar-refractivity contribution in [3.8, 4) is 5.75 Å². The number of aromatic nitrogens is 1. The van der Waals surface area contributed by atoms with E-state index < -0.39 is 6.10 Å². The van der Waals surface area contributed by atoms with Gasteiger partial charge in [0, 0.05) is 11.8 Å². The Hall–Kier alpha value is -1.58. The monoisotopic (exact) mass is 275 g/mol. The lowest BCUT2D eigenvalue weighted by atomic mass is 9.96. The summed E-state index contributed by atoms with van der Waals surface area (Å²) in [6.07, 6.45) is 2.87. The van der Waals surface area contributed by atoms with Crippen LogP contribution in [0.5, 0.6) is 5.75 Å². The fraction of sp³-hybridized carbons (Fsp3) is 0.267. The highest BCUT2D eigenvalue weighted by atomic mass is 35.5. The van der Waals surface area contributed by atoms with Crippen LogP contribution in [-0.4, -0.2) is 16.7 Å². The Labute approximate surface area is 116 Å². The van der Waals surface area contributed by atoms with Crippen molar-refractivity contribution in [2.45, 2.75) is 18.9 Å². The minimum absolute atomic E-state index is 0.377. The first kappa shape index (κ1) is 12.5. The molecule has 98 valence electrons. The highest BCUT2D eigenvalue weighted by Crippen LogP contribution is 2.35. The van der Waals surface area contributed by atoms with Crippen LogP contribution in [0.3, 0.4) is 0 Å². The number of aliphatic hydroxyl groups is 1. The van der Waals surface area contributed by atoms with Gasteiger partial charge in [-0.05, 0) is 36.1 Å². The fourth-order valence-electron chi connectivity index (χ4n) is 2.40. The third-order valence-corrected chi connectivity index (χ3v) is 3.53. The summed E-state index contributed by atoms with van der Waals surface area (Å²) >= 11 is 5.87. The molecule has 1 aliphatic rings. The summed E-state index contributed by atoms with van der Waals surface area (Å²) in [4.78, 5) is 3.93. The molecule has 0 radical (unpaired) electrons. The molecule has 3 rings (SSSR count). The Morgan fingerprint density at radius 1 is 1.32 bits per heavy atom. The van der Waals surface area contributed by atoms with Crippen molar-refractivity contribution < 1.29 is 9.84 Å². The first-order valence-corrected chi connectivity index (χ1v) is 6.67. The van der Waals surface area contributed by atoms with Gasteiger partial charge in [-0.3, -0.25) is 0 Å². The number of para-hydroxylation sites is 1. The van der Waals surface area contributed by atoms with Crippen LogP contribution >= 0.6 is 11.6 Å². The van der Waals surface area contributed by atoms with Crippen molar-refractivity contribution >= 4 is 11.6 Å².